The van der Waals surface area contributed by atoms with Crippen molar-refractivity contribution in [1.82, 2.24) is 5.32 Å². The minimum atomic E-state index is -0.356. The molecule has 0 aliphatic heterocycles. The lowest BCUT2D eigenvalue weighted by Gasteiger charge is -2.05. The highest BCUT2D eigenvalue weighted by Gasteiger charge is 2.04. The Bertz CT molecular complexity index is 772. The molecule has 0 aliphatic carbocycles. The highest BCUT2D eigenvalue weighted by atomic mass is 79.9. The van der Waals surface area contributed by atoms with Crippen molar-refractivity contribution in [2.45, 2.75) is 0 Å². The SMILES string of the molecule is CNC(=O)COc1ccc(C(=O)/C=C/c2ccc(F)c(Br)c2)cc1. The lowest BCUT2D eigenvalue weighted by Crippen LogP contribution is -2.24. The van der Waals surface area contributed by atoms with Crippen molar-refractivity contribution in [2.75, 3.05) is 13.7 Å². The number of hydrogen-bond donors (Lipinski definition) is 1. The second-order valence-electron chi connectivity index (χ2n) is 4.86. The number of nitrogens with one attached hydrogen (secondary N) is 1. The third kappa shape index (κ3) is 5.03. The number of carbonyl (C=O) groups is 2. The Morgan fingerprint density at radius 1 is 1.21 bits per heavy atom. The lowest BCUT2D eigenvalue weighted by atomic mass is 10.1. The van der Waals surface area contributed by atoms with Gasteiger partial charge in [0, 0.05) is 12.6 Å². The summed E-state index contributed by atoms with van der Waals surface area (Å²) in [7, 11) is 1.53. The van der Waals surface area contributed by atoms with Crippen LogP contribution in [0.1, 0.15) is 15.9 Å². The third-order valence-electron chi connectivity index (χ3n) is 3.16. The Hall–Kier alpha value is -2.47. The van der Waals surface area contributed by atoms with Gasteiger partial charge < -0.3 is 10.1 Å². The zero-order valence-corrected chi connectivity index (χ0v) is 14.5. The largest absolute Gasteiger partial charge is 0.484 e. The molecular weight excluding hydrogens is 377 g/mol. The molecule has 0 bridgehead atoms. The summed E-state index contributed by atoms with van der Waals surface area (Å²) in [6.45, 7) is -0.0802. The fourth-order valence-electron chi connectivity index (χ4n) is 1.82. The predicted octanol–water partition coefficient (Wildman–Crippen LogP) is 3.61. The quantitative estimate of drug-likeness (QED) is 0.604. The average Bonchev–Trinajstić information content (AvgIpc) is 2.60. The number of amides is 1. The monoisotopic (exact) mass is 391 g/mol. The van der Waals surface area contributed by atoms with Crippen LogP contribution >= 0.6 is 15.9 Å². The molecule has 0 atom stereocenters. The van der Waals surface area contributed by atoms with Gasteiger partial charge in [-0.3, -0.25) is 9.59 Å². The van der Waals surface area contributed by atoms with Gasteiger partial charge in [0.2, 0.25) is 0 Å². The van der Waals surface area contributed by atoms with Gasteiger partial charge in [-0.05, 0) is 64.0 Å². The highest BCUT2D eigenvalue weighted by Crippen LogP contribution is 2.18. The fourth-order valence-corrected chi connectivity index (χ4v) is 2.22. The molecule has 0 fully saturated rings. The zero-order valence-electron chi connectivity index (χ0n) is 12.9. The summed E-state index contributed by atoms with van der Waals surface area (Å²) >= 11 is 3.10. The Balaban J connectivity index is 2.00. The number of hydrogen-bond acceptors (Lipinski definition) is 3. The van der Waals surface area contributed by atoms with E-state index in [1.165, 1.54) is 19.2 Å². The predicted molar refractivity (Wildman–Crippen MR) is 93.5 cm³/mol. The number of allylic oxidation sites excluding steroid dienone is 1. The van der Waals surface area contributed by atoms with E-state index >= 15 is 0 Å². The molecule has 6 heteroatoms. The van der Waals surface area contributed by atoms with Gasteiger partial charge in [-0.1, -0.05) is 12.1 Å². The summed E-state index contributed by atoms with van der Waals surface area (Å²) in [6.07, 6.45) is 3.03. The van der Waals surface area contributed by atoms with Crippen molar-refractivity contribution in [1.29, 1.82) is 0 Å². The highest BCUT2D eigenvalue weighted by molar-refractivity contribution is 9.10. The minimum Gasteiger partial charge on any atom is -0.484 e. The second kappa shape index (κ2) is 8.40. The maximum absolute atomic E-state index is 13.2. The summed E-state index contributed by atoms with van der Waals surface area (Å²) in [6, 6.07) is 11.0. The van der Waals surface area contributed by atoms with E-state index in [1.54, 1.807) is 42.5 Å². The number of ether oxygens (including phenoxy) is 1. The number of carbonyl (C=O) groups excluding carboxylic acids is 2. The fraction of sp³-hybridized carbons (Fsp3) is 0.111. The van der Waals surface area contributed by atoms with Crippen molar-refractivity contribution < 1.29 is 18.7 Å². The van der Waals surface area contributed by atoms with E-state index in [-0.39, 0.29) is 24.1 Å². The number of halogens is 2. The summed E-state index contributed by atoms with van der Waals surface area (Å²) in [4.78, 5) is 23.2. The van der Waals surface area contributed by atoms with Crippen LogP contribution in [-0.4, -0.2) is 25.3 Å². The van der Waals surface area contributed by atoms with Crippen LogP contribution in [0.2, 0.25) is 0 Å². The normalized spacial score (nSPS) is 10.6. The molecule has 1 N–H and O–H groups in total. The molecule has 0 unspecified atom stereocenters. The Kier molecular flexibility index (Phi) is 6.26. The van der Waals surface area contributed by atoms with E-state index in [0.717, 1.165) is 0 Å². The third-order valence-corrected chi connectivity index (χ3v) is 3.77. The van der Waals surface area contributed by atoms with Gasteiger partial charge in [0.1, 0.15) is 11.6 Å². The Labute approximate surface area is 147 Å². The van der Waals surface area contributed by atoms with Crippen molar-refractivity contribution in [2.24, 2.45) is 0 Å². The first-order chi connectivity index (χ1) is 11.5. The molecule has 0 saturated carbocycles. The molecule has 2 aromatic rings. The Morgan fingerprint density at radius 3 is 2.54 bits per heavy atom. The Morgan fingerprint density at radius 2 is 1.92 bits per heavy atom. The van der Waals surface area contributed by atoms with Gasteiger partial charge in [-0.15, -0.1) is 0 Å². The van der Waals surface area contributed by atoms with Crippen molar-refractivity contribution >= 4 is 33.7 Å². The van der Waals surface area contributed by atoms with E-state index in [1.807, 2.05) is 0 Å². The van der Waals surface area contributed by atoms with Crippen molar-refractivity contribution in [3.8, 4) is 5.75 Å². The molecule has 2 aromatic carbocycles. The number of rotatable bonds is 6. The van der Waals surface area contributed by atoms with Crippen LogP contribution in [0.25, 0.3) is 6.08 Å². The number of ketones is 1. The van der Waals surface area contributed by atoms with Crippen LogP contribution in [0.3, 0.4) is 0 Å². The average molecular weight is 392 g/mol. The lowest BCUT2D eigenvalue weighted by molar-refractivity contribution is -0.122. The molecule has 0 aromatic heterocycles. The van der Waals surface area contributed by atoms with Crippen molar-refractivity contribution in [3.05, 3.63) is 70.0 Å². The first-order valence-corrected chi connectivity index (χ1v) is 7.90. The minimum absolute atomic E-state index is 0.0802. The van der Waals surface area contributed by atoms with E-state index < -0.39 is 0 Å². The summed E-state index contributed by atoms with van der Waals surface area (Å²) in [5.74, 6) is -0.274. The van der Waals surface area contributed by atoms with Crippen LogP contribution < -0.4 is 10.1 Å². The summed E-state index contributed by atoms with van der Waals surface area (Å²) < 4.78 is 18.8. The molecule has 24 heavy (non-hydrogen) atoms. The summed E-state index contributed by atoms with van der Waals surface area (Å²) in [5.41, 5.74) is 1.20. The van der Waals surface area contributed by atoms with Crippen LogP contribution in [0.15, 0.2) is 53.0 Å². The second-order valence-corrected chi connectivity index (χ2v) is 5.71. The molecule has 0 spiro atoms. The molecule has 0 saturated heterocycles. The maximum Gasteiger partial charge on any atom is 0.257 e. The molecule has 1 amide bonds. The molecule has 0 radical (unpaired) electrons. The van der Waals surface area contributed by atoms with Crippen LogP contribution in [0, 0.1) is 5.82 Å². The standard InChI is InChI=1S/C18H15BrFNO3/c1-21-18(23)11-24-14-6-4-13(5-7-14)17(22)9-3-12-2-8-16(20)15(19)10-12/h2-10H,11H2,1H3,(H,21,23)/b9-3+. The van der Waals surface area contributed by atoms with E-state index in [0.29, 0.717) is 21.3 Å². The summed E-state index contributed by atoms with van der Waals surface area (Å²) in [5, 5.41) is 2.45. The zero-order chi connectivity index (χ0) is 17.5. The first-order valence-electron chi connectivity index (χ1n) is 7.10. The van der Waals surface area contributed by atoms with Gasteiger partial charge in [0.15, 0.2) is 12.4 Å². The van der Waals surface area contributed by atoms with Crippen LogP contribution in [-0.2, 0) is 4.79 Å². The van der Waals surface area contributed by atoms with Crippen LogP contribution in [0.5, 0.6) is 5.75 Å². The van der Waals surface area contributed by atoms with Crippen LogP contribution in [0.4, 0.5) is 4.39 Å². The van der Waals surface area contributed by atoms with Gasteiger partial charge >= 0.3 is 0 Å². The molecule has 2 rings (SSSR count). The van der Waals surface area contributed by atoms with E-state index in [2.05, 4.69) is 21.2 Å². The van der Waals surface area contributed by atoms with Gasteiger partial charge in [0.25, 0.3) is 5.91 Å². The smallest absolute Gasteiger partial charge is 0.257 e. The molecule has 0 aliphatic rings. The van der Waals surface area contributed by atoms with Gasteiger partial charge in [-0.2, -0.15) is 0 Å². The number of likely N-dealkylation sites (N-methyl/N-ethyl adjacent to an activating group) is 1. The molecule has 4 nitrogen and oxygen atoms in total. The maximum atomic E-state index is 13.2. The number of benzene rings is 2. The topological polar surface area (TPSA) is 55.4 Å². The van der Waals surface area contributed by atoms with E-state index in [9.17, 15) is 14.0 Å². The molecular formula is C18H15BrFNO3. The molecule has 0 heterocycles. The molecule has 124 valence electrons. The van der Waals surface area contributed by atoms with Crippen molar-refractivity contribution in [3.63, 3.8) is 0 Å². The van der Waals surface area contributed by atoms with E-state index in [4.69, 9.17) is 4.74 Å². The van der Waals surface area contributed by atoms with Gasteiger partial charge in [0.05, 0.1) is 4.47 Å². The first kappa shape index (κ1) is 17.9. The van der Waals surface area contributed by atoms with Gasteiger partial charge in [-0.25, -0.2) is 4.39 Å².